The van der Waals surface area contributed by atoms with Gasteiger partial charge in [-0.05, 0) is 6.92 Å². The Morgan fingerprint density at radius 3 is 2.80 bits per heavy atom. The second-order valence-electron chi connectivity index (χ2n) is 2.76. The van der Waals surface area contributed by atoms with Crippen molar-refractivity contribution < 1.29 is 19.4 Å². The fourth-order valence-electron chi connectivity index (χ4n) is 1.05. The van der Waals surface area contributed by atoms with E-state index < -0.39 is 5.97 Å². The summed E-state index contributed by atoms with van der Waals surface area (Å²) in [5.74, 6) is -0.970. The van der Waals surface area contributed by atoms with Gasteiger partial charge in [0.05, 0.1) is 18.9 Å². The van der Waals surface area contributed by atoms with E-state index in [0.717, 1.165) is 11.3 Å². The summed E-state index contributed by atoms with van der Waals surface area (Å²) in [4.78, 5) is 15.2. The Labute approximate surface area is 91.7 Å². The predicted octanol–water partition coefficient (Wildman–Crippen LogP) is 1.52. The van der Waals surface area contributed by atoms with Gasteiger partial charge in [0.2, 0.25) is 0 Å². The van der Waals surface area contributed by atoms with E-state index >= 15 is 0 Å². The Kier molecular flexibility index (Phi) is 4.67. The van der Waals surface area contributed by atoms with Crippen LogP contribution in [0.3, 0.4) is 0 Å². The molecule has 0 radical (unpaired) electrons. The second kappa shape index (κ2) is 5.79. The van der Waals surface area contributed by atoms with Crippen LogP contribution in [-0.4, -0.2) is 29.8 Å². The van der Waals surface area contributed by atoms with E-state index in [1.807, 2.05) is 6.92 Å². The molecule has 1 rings (SSSR count). The molecule has 15 heavy (non-hydrogen) atoms. The van der Waals surface area contributed by atoms with E-state index in [1.165, 1.54) is 7.11 Å². The van der Waals surface area contributed by atoms with Gasteiger partial charge in [-0.1, -0.05) is 0 Å². The van der Waals surface area contributed by atoms with Gasteiger partial charge in [-0.3, -0.25) is 0 Å². The Hall–Kier alpha value is -0.980. The number of ether oxygens (including phenoxy) is 2. The monoisotopic (exact) mass is 231 g/mol. The average molecular weight is 231 g/mol. The maximum Gasteiger partial charge on any atom is 0.347 e. The first-order chi connectivity index (χ1) is 7.19. The fourth-order valence-corrected chi connectivity index (χ4v) is 1.90. The van der Waals surface area contributed by atoms with Crippen LogP contribution in [0.25, 0.3) is 0 Å². The molecule has 0 amide bonds. The molecule has 0 aliphatic heterocycles. The highest BCUT2D eigenvalue weighted by molar-refractivity contribution is 7.13. The minimum atomic E-state index is -0.970. The molecule has 0 unspecified atom stereocenters. The van der Waals surface area contributed by atoms with Crippen LogP contribution in [0.2, 0.25) is 0 Å². The molecule has 5 nitrogen and oxygen atoms in total. The minimum absolute atomic E-state index is 0.213. The lowest BCUT2D eigenvalue weighted by molar-refractivity contribution is 0.0697. The predicted molar refractivity (Wildman–Crippen MR) is 55.1 cm³/mol. The molecular weight excluding hydrogens is 218 g/mol. The number of thiazole rings is 1. The first-order valence-corrected chi connectivity index (χ1v) is 5.29. The molecule has 1 aromatic rings. The summed E-state index contributed by atoms with van der Waals surface area (Å²) in [6, 6.07) is 0. The summed E-state index contributed by atoms with van der Waals surface area (Å²) in [5.41, 5.74) is 0.463. The molecule has 0 spiro atoms. The minimum Gasteiger partial charge on any atom is -0.477 e. The summed E-state index contributed by atoms with van der Waals surface area (Å²) in [5, 5.41) is 9.57. The molecular formula is C9H13NO4S. The molecule has 0 fully saturated rings. The van der Waals surface area contributed by atoms with Crippen molar-refractivity contribution in [3.63, 3.8) is 0 Å². The quantitative estimate of drug-likeness (QED) is 0.804. The fraction of sp³-hybridized carbons (Fsp3) is 0.556. The Morgan fingerprint density at radius 2 is 2.27 bits per heavy atom. The van der Waals surface area contributed by atoms with Crippen molar-refractivity contribution in [1.29, 1.82) is 0 Å². The number of aromatic carboxylic acids is 1. The molecule has 6 heteroatoms. The van der Waals surface area contributed by atoms with Gasteiger partial charge in [0.15, 0.2) is 0 Å². The smallest absolute Gasteiger partial charge is 0.347 e. The molecule has 0 aliphatic carbocycles. The van der Waals surface area contributed by atoms with E-state index in [1.54, 1.807) is 0 Å². The number of rotatable bonds is 6. The normalized spacial score (nSPS) is 10.5. The van der Waals surface area contributed by atoms with E-state index in [0.29, 0.717) is 23.9 Å². The molecule has 84 valence electrons. The summed E-state index contributed by atoms with van der Waals surface area (Å²) in [7, 11) is 1.51. The third-order valence-electron chi connectivity index (χ3n) is 1.65. The Morgan fingerprint density at radius 1 is 1.53 bits per heavy atom. The zero-order valence-corrected chi connectivity index (χ0v) is 9.47. The number of hydrogen-bond acceptors (Lipinski definition) is 5. The van der Waals surface area contributed by atoms with E-state index in [2.05, 4.69) is 4.98 Å². The van der Waals surface area contributed by atoms with Crippen LogP contribution in [0.4, 0.5) is 0 Å². The molecule has 1 heterocycles. The summed E-state index contributed by atoms with van der Waals surface area (Å²) in [6.45, 7) is 3.03. The lowest BCUT2D eigenvalue weighted by atomic mass is 10.4. The highest BCUT2D eigenvalue weighted by Crippen LogP contribution is 2.20. The van der Waals surface area contributed by atoms with Crippen molar-refractivity contribution in [2.45, 2.75) is 20.1 Å². The molecule has 0 aliphatic rings. The average Bonchev–Trinajstić information content (AvgIpc) is 2.59. The van der Waals surface area contributed by atoms with Gasteiger partial charge in [-0.15, -0.1) is 11.3 Å². The van der Waals surface area contributed by atoms with Crippen LogP contribution in [0.15, 0.2) is 0 Å². The third-order valence-corrected chi connectivity index (χ3v) is 2.71. The topological polar surface area (TPSA) is 68.7 Å². The molecule has 0 saturated heterocycles. The van der Waals surface area contributed by atoms with Gasteiger partial charge < -0.3 is 14.6 Å². The lowest BCUT2D eigenvalue weighted by Crippen LogP contribution is -1.99. The molecule has 0 aromatic carbocycles. The largest absolute Gasteiger partial charge is 0.477 e. The van der Waals surface area contributed by atoms with Crippen LogP contribution in [0.1, 0.15) is 27.3 Å². The first kappa shape index (κ1) is 12.1. The number of aromatic nitrogens is 1. The van der Waals surface area contributed by atoms with Gasteiger partial charge in [0.25, 0.3) is 0 Å². The number of nitrogens with zero attached hydrogens (tertiary/aromatic N) is 1. The number of hydrogen-bond donors (Lipinski definition) is 1. The second-order valence-corrected chi connectivity index (χ2v) is 3.84. The van der Waals surface area contributed by atoms with Gasteiger partial charge in [0, 0.05) is 13.7 Å². The highest BCUT2D eigenvalue weighted by Gasteiger charge is 2.16. The lowest BCUT2D eigenvalue weighted by Gasteiger charge is -1.95. The highest BCUT2D eigenvalue weighted by atomic mass is 32.1. The van der Waals surface area contributed by atoms with E-state index in [4.69, 9.17) is 14.6 Å². The molecule has 0 saturated carbocycles. The van der Waals surface area contributed by atoms with Gasteiger partial charge in [-0.25, -0.2) is 9.78 Å². The number of methoxy groups -OCH3 is 1. The van der Waals surface area contributed by atoms with Crippen molar-refractivity contribution in [2.75, 3.05) is 13.7 Å². The van der Waals surface area contributed by atoms with Crippen LogP contribution in [0, 0.1) is 0 Å². The molecule has 0 atom stereocenters. The van der Waals surface area contributed by atoms with E-state index in [-0.39, 0.29) is 11.5 Å². The maximum absolute atomic E-state index is 10.9. The molecule has 0 bridgehead atoms. The Balaban J connectivity index is 2.83. The maximum atomic E-state index is 10.9. The summed E-state index contributed by atoms with van der Waals surface area (Å²) < 4.78 is 10.0. The van der Waals surface area contributed by atoms with Crippen molar-refractivity contribution in [3.8, 4) is 0 Å². The van der Waals surface area contributed by atoms with Crippen LogP contribution < -0.4 is 0 Å². The number of carboxylic acids is 1. The first-order valence-electron chi connectivity index (χ1n) is 4.47. The van der Waals surface area contributed by atoms with E-state index in [9.17, 15) is 4.79 Å². The zero-order valence-electron chi connectivity index (χ0n) is 8.65. The summed E-state index contributed by atoms with van der Waals surface area (Å²) in [6.07, 6.45) is 0. The van der Waals surface area contributed by atoms with Crippen molar-refractivity contribution in [3.05, 3.63) is 15.6 Å². The van der Waals surface area contributed by atoms with Gasteiger partial charge in [0.1, 0.15) is 9.88 Å². The third kappa shape index (κ3) is 3.26. The zero-order chi connectivity index (χ0) is 11.3. The van der Waals surface area contributed by atoms with Crippen LogP contribution in [0.5, 0.6) is 0 Å². The SMILES string of the molecule is CCOCc1nc(COC)c(C(=O)O)s1. The number of carbonyl (C=O) groups is 1. The van der Waals surface area contributed by atoms with Crippen LogP contribution >= 0.6 is 11.3 Å². The Bertz CT molecular complexity index is 337. The van der Waals surface area contributed by atoms with Gasteiger partial charge >= 0.3 is 5.97 Å². The summed E-state index contributed by atoms with van der Waals surface area (Å²) >= 11 is 1.13. The molecule has 1 N–H and O–H groups in total. The standard InChI is InChI=1S/C9H13NO4S/c1-3-14-5-7-10-6(4-13-2)8(15-7)9(11)12/h3-5H2,1-2H3,(H,11,12). The number of carboxylic acid groups (broad SMARTS) is 1. The van der Waals surface area contributed by atoms with Gasteiger partial charge in [-0.2, -0.15) is 0 Å². The molecule has 1 aromatic heterocycles. The van der Waals surface area contributed by atoms with Crippen molar-refractivity contribution >= 4 is 17.3 Å². The van der Waals surface area contributed by atoms with Crippen molar-refractivity contribution in [1.82, 2.24) is 4.98 Å². The van der Waals surface area contributed by atoms with Crippen LogP contribution in [-0.2, 0) is 22.7 Å². The van der Waals surface area contributed by atoms with Crippen molar-refractivity contribution in [2.24, 2.45) is 0 Å².